The first-order chi connectivity index (χ1) is 12.5. The van der Waals surface area contributed by atoms with E-state index in [1.165, 1.54) is 18.3 Å². The molecule has 1 aromatic rings. The summed E-state index contributed by atoms with van der Waals surface area (Å²) in [5.41, 5.74) is 0.159. The lowest BCUT2D eigenvalue weighted by Gasteiger charge is -2.37. The van der Waals surface area contributed by atoms with E-state index in [4.69, 9.17) is 11.6 Å². The number of hydrazone groups is 1. The molecule has 0 aromatic heterocycles. The number of nitro groups is 1. The molecule has 1 aromatic carbocycles. The summed E-state index contributed by atoms with van der Waals surface area (Å²) in [4.78, 5) is 36.0. The van der Waals surface area contributed by atoms with Gasteiger partial charge in [0.25, 0.3) is 17.5 Å². The van der Waals surface area contributed by atoms with Crippen LogP contribution in [0.25, 0.3) is 0 Å². The maximum Gasteiger partial charge on any atom is 0.288 e. The molecule has 1 aliphatic heterocycles. The predicted octanol–water partition coefficient (Wildman–Crippen LogP) is 2.64. The van der Waals surface area contributed by atoms with Gasteiger partial charge in [0, 0.05) is 11.6 Å². The fourth-order valence-corrected chi connectivity index (χ4v) is 5.12. The van der Waals surface area contributed by atoms with Gasteiger partial charge in [-0.05, 0) is 36.2 Å². The molecule has 0 unspecified atom stereocenters. The summed E-state index contributed by atoms with van der Waals surface area (Å²) in [6.07, 6.45) is 6.60. The van der Waals surface area contributed by atoms with Crippen molar-refractivity contribution < 1.29 is 14.5 Å². The van der Waals surface area contributed by atoms with E-state index in [0.29, 0.717) is 17.4 Å². The molecular weight excluding hydrogens is 358 g/mol. The first-order valence-corrected chi connectivity index (χ1v) is 8.89. The fourth-order valence-electron chi connectivity index (χ4n) is 4.93. The van der Waals surface area contributed by atoms with Gasteiger partial charge < -0.3 is 0 Å². The molecule has 6 atom stereocenters. The summed E-state index contributed by atoms with van der Waals surface area (Å²) in [5.74, 6) is 0.216. The minimum absolute atomic E-state index is 0.0216. The highest BCUT2D eigenvalue weighted by molar-refractivity contribution is 6.32. The van der Waals surface area contributed by atoms with Crippen molar-refractivity contribution in [1.29, 1.82) is 0 Å². The third-order valence-corrected chi connectivity index (χ3v) is 6.45. The van der Waals surface area contributed by atoms with E-state index in [1.807, 2.05) is 0 Å². The molecule has 0 spiro atoms. The Labute approximate surface area is 153 Å². The molecule has 2 bridgehead atoms. The van der Waals surface area contributed by atoms with E-state index in [-0.39, 0.29) is 46.2 Å². The molecule has 4 aliphatic carbocycles. The monoisotopic (exact) mass is 371 g/mol. The van der Waals surface area contributed by atoms with Crippen LogP contribution in [0.3, 0.4) is 0 Å². The third-order valence-electron chi connectivity index (χ3n) is 6.13. The van der Waals surface area contributed by atoms with Crippen LogP contribution in [-0.2, 0) is 9.59 Å². The highest BCUT2D eigenvalue weighted by atomic mass is 35.5. The molecular formula is C18H14ClN3O4. The largest absolute Gasteiger partial charge is 0.288 e. The Balaban J connectivity index is 1.43. The van der Waals surface area contributed by atoms with Crippen molar-refractivity contribution in [2.75, 3.05) is 0 Å². The van der Waals surface area contributed by atoms with Crippen molar-refractivity contribution >= 4 is 35.3 Å². The zero-order valence-corrected chi connectivity index (χ0v) is 14.2. The summed E-state index contributed by atoms with van der Waals surface area (Å²) in [5, 5.41) is 16.0. The van der Waals surface area contributed by atoms with Crippen molar-refractivity contribution in [3.63, 3.8) is 0 Å². The van der Waals surface area contributed by atoms with Gasteiger partial charge in [-0.3, -0.25) is 19.7 Å². The number of hydrogen-bond donors (Lipinski definition) is 0. The van der Waals surface area contributed by atoms with Gasteiger partial charge in [0.15, 0.2) is 0 Å². The van der Waals surface area contributed by atoms with E-state index in [9.17, 15) is 19.7 Å². The minimum atomic E-state index is -0.587. The Bertz CT molecular complexity index is 891. The van der Waals surface area contributed by atoms with Crippen molar-refractivity contribution in [3.8, 4) is 0 Å². The highest BCUT2D eigenvalue weighted by Gasteiger charge is 2.67. The van der Waals surface area contributed by atoms with Gasteiger partial charge in [-0.1, -0.05) is 29.8 Å². The van der Waals surface area contributed by atoms with Crippen LogP contribution in [0.2, 0.25) is 5.02 Å². The van der Waals surface area contributed by atoms with Crippen LogP contribution in [0.1, 0.15) is 12.0 Å². The molecule has 132 valence electrons. The second kappa shape index (κ2) is 5.23. The number of allylic oxidation sites excluding steroid dienone is 2. The molecule has 2 amide bonds. The number of benzene rings is 1. The van der Waals surface area contributed by atoms with Gasteiger partial charge in [-0.2, -0.15) is 10.1 Å². The summed E-state index contributed by atoms with van der Waals surface area (Å²) >= 11 is 5.79. The van der Waals surface area contributed by atoms with E-state index in [1.54, 1.807) is 6.07 Å². The van der Waals surface area contributed by atoms with E-state index >= 15 is 0 Å². The second-order valence-corrected chi connectivity index (χ2v) is 7.76. The molecule has 1 heterocycles. The normalized spacial score (nSPS) is 36.6. The van der Waals surface area contributed by atoms with Crippen LogP contribution >= 0.6 is 11.6 Å². The Morgan fingerprint density at radius 2 is 1.77 bits per heavy atom. The Hall–Kier alpha value is -2.54. The molecule has 6 rings (SSSR count). The lowest BCUT2D eigenvalue weighted by Crippen LogP contribution is -2.40. The van der Waals surface area contributed by atoms with Gasteiger partial charge in [0.1, 0.15) is 5.02 Å². The average Bonchev–Trinajstić information content (AvgIpc) is 3.40. The number of halogens is 1. The molecule has 7 nitrogen and oxygen atoms in total. The molecule has 0 radical (unpaired) electrons. The van der Waals surface area contributed by atoms with E-state index in [0.717, 1.165) is 11.4 Å². The van der Waals surface area contributed by atoms with Gasteiger partial charge in [0.05, 0.1) is 23.0 Å². The number of rotatable bonds is 3. The van der Waals surface area contributed by atoms with Crippen LogP contribution in [0.15, 0.2) is 35.5 Å². The van der Waals surface area contributed by atoms with E-state index in [2.05, 4.69) is 17.3 Å². The fraction of sp³-hybridized carbons (Fsp3) is 0.389. The van der Waals surface area contributed by atoms with Crippen LogP contribution in [-0.4, -0.2) is 28.0 Å². The molecule has 2 saturated carbocycles. The standard InChI is InChI=1S/C18H14ClN3O4/c19-13-4-1-8(5-14(13)22(25)26)7-20-21-17(23)15-9-2-3-10(12-6-11(9)12)16(15)18(21)24/h1-5,7,9-12,15-16H,6H2/b20-7-/t9-,10-,11-,12+,15+,16+/m0/s1. The quantitative estimate of drug-likeness (QED) is 0.268. The maximum atomic E-state index is 12.8. The van der Waals surface area contributed by atoms with Crippen molar-refractivity contribution in [2.24, 2.45) is 40.6 Å². The average molecular weight is 372 g/mol. The topological polar surface area (TPSA) is 92.9 Å². The third kappa shape index (κ3) is 2.03. The predicted molar refractivity (Wildman–Crippen MR) is 92.3 cm³/mol. The number of amides is 2. The smallest absolute Gasteiger partial charge is 0.272 e. The van der Waals surface area contributed by atoms with Gasteiger partial charge >= 0.3 is 0 Å². The Morgan fingerprint density at radius 3 is 2.35 bits per heavy atom. The van der Waals surface area contributed by atoms with Crippen LogP contribution < -0.4 is 0 Å². The van der Waals surface area contributed by atoms with Crippen LogP contribution in [0.5, 0.6) is 0 Å². The molecule has 3 fully saturated rings. The molecule has 5 aliphatic rings. The molecule has 8 heteroatoms. The van der Waals surface area contributed by atoms with Crippen molar-refractivity contribution in [2.45, 2.75) is 6.42 Å². The lowest BCUT2D eigenvalue weighted by molar-refractivity contribution is -0.384. The molecule has 1 saturated heterocycles. The lowest BCUT2D eigenvalue weighted by atomic mass is 9.63. The van der Waals surface area contributed by atoms with Gasteiger partial charge in [-0.25, -0.2) is 0 Å². The second-order valence-electron chi connectivity index (χ2n) is 7.36. The van der Waals surface area contributed by atoms with Crippen molar-refractivity contribution in [1.82, 2.24) is 5.01 Å². The zero-order chi connectivity index (χ0) is 18.2. The minimum Gasteiger partial charge on any atom is -0.272 e. The first kappa shape index (κ1) is 15.7. The Kier molecular flexibility index (Phi) is 3.16. The number of carbonyl (C=O) groups excluding carboxylic acids is 2. The van der Waals surface area contributed by atoms with Gasteiger partial charge in [0.2, 0.25) is 0 Å². The summed E-state index contributed by atoms with van der Waals surface area (Å²) in [7, 11) is 0. The van der Waals surface area contributed by atoms with Gasteiger partial charge in [-0.15, -0.1) is 0 Å². The van der Waals surface area contributed by atoms with Crippen LogP contribution in [0.4, 0.5) is 5.69 Å². The summed E-state index contributed by atoms with van der Waals surface area (Å²) in [6.45, 7) is 0. The summed E-state index contributed by atoms with van der Waals surface area (Å²) in [6, 6.07) is 4.22. The van der Waals surface area contributed by atoms with Crippen LogP contribution in [0, 0.1) is 45.6 Å². The number of nitrogens with zero attached hydrogens (tertiary/aromatic N) is 3. The number of hydrogen-bond acceptors (Lipinski definition) is 5. The van der Waals surface area contributed by atoms with E-state index < -0.39 is 4.92 Å². The molecule has 26 heavy (non-hydrogen) atoms. The first-order valence-electron chi connectivity index (χ1n) is 8.51. The molecule has 0 N–H and O–H groups in total. The number of carbonyl (C=O) groups is 2. The number of nitro benzene ring substituents is 1. The summed E-state index contributed by atoms with van der Waals surface area (Å²) < 4.78 is 0. The highest BCUT2D eigenvalue weighted by Crippen LogP contribution is 2.65. The number of imide groups is 1. The van der Waals surface area contributed by atoms with Crippen molar-refractivity contribution in [3.05, 3.63) is 51.1 Å². The SMILES string of the molecule is O=C1[C@@H]2[C@H]3C=C[C@@H]([C@@H]4C[C@H]34)[C@H]2C(=O)N1/N=C\c1ccc(Cl)c([N+](=O)[O-])c1. The maximum absolute atomic E-state index is 12.8. The Morgan fingerprint density at radius 1 is 1.15 bits per heavy atom. The zero-order valence-electron chi connectivity index (χ0n) is 13.5.